The third kappa shape index (κ3) is 1.52. The van der Waals surface area contributed by atoms with E-state index >= 15 is 0 Å². The first kappa shape index (κ1) is 13.1. The number of anilines is 1. The highest BCUT2D eigenvalue weighted by molar-refractivity contribution is 6.23. The van der Waals surface area contributed by atoms with Crippen LogP contribution < -0.4 is 4.90 Å². The molecule has 0 unspecified atom stereocenters. The van der Waals surface area contributed by atoms with E-state index in [1.165, 1.54) is 12.1 Å². The van der Waals surface area contributed by atoms with E-state index in [2.05, 4.69) is 0 Å². The lowest BCUT2D eigenvalue weighted by Gasteiger charge is -2.17. The second-order valence-corrected chi connectivity index (χ2v) is 6.02. The van der Waals surface area contributed by atoms with Crippen LogP contribution in [0.1, 0.15) is 16.8 Å². The Bertz CT molecular complexity index is 723. The Morgan fingerprint density at radius 2 is 1.68 bits per heavy atom. The maximum atomic E-state index is 12.6. The molecule has 1 heterocycles. The number of hydrogen-bond acceptors (Lipinski definition) is 4. The molecule has 0 radical (unpaired) electrons. The lowest BCUT2D eigenvalue weighted by atomic mass is 9.85. The van der Waals surface area contributed by atoms with Crippen LogP contribution in [0.2, 0.25) is 0 Å². The Labute approximate surface area is 125 Å². The molecule has 1 aromatic rings. The molecule has 2 fully saturated rings. The number of nitrogens with zero attached hydrogens (tertiary/aromatic N) is 1. The summed E-state index contributed by atoms with van der Waals surface area (Å²) in [6, 6.07) is 3.75. The number of rotatable bonds is 2. The zero-order valence-corrected chi connectivity index (χ0v) is 11.5. The second kappa shape index (κ2) is 4.19. The number of hydrogen-bond donors (Lipinski definition) is 2. The van der Waals surface area contributed by atoms with Gasteiger partial charge in [0.1, 0.15) is 11.3 Å². The van der Waals surface area contributed by atoms with Crippen LogP contribution in [-0.2, 0) is 9.59 Å². The Balaban J connectivity index is 1.73. The monoisotopic (exact) mass is 299 g/mol. The van der Waals surface area contributed by atoms with Gasteiger partial charge in [-0.05, 0) is 30.4 Å². The fourth-order valence-electron chi connectivity index (χ4n) is 4.00. The van der Waals surface area contributed by atoms with Gasteiger partial charge in [0.2, 0.25) is 11.8 Å². The third-order valence-electron chi connectivity index (χ3n) is 4.94. The van der Waals surface area contributed by atoms with E-state index in [4.69, 9.17) is 5.11 Å². The number of carbonyl (C=O) groups excluding carboxylic acids is 2. The van der Waals surface area contributed by atoms with Crippen molar-refractivity contribution in [3.05, 3.63) is 35.9 Å². The predicted molar refractivity (Wildman–Crippen MR) is 75.3 cm³/mol. The van der Waals surface area contributed by atoms with Gasteiger partial charge in [-0.1, -0.05) is 12.2 Å². The summed E-state index contributed by atoms with van der Waals surface area (Å²) in [4.78, 5) is 37.2. The average molecular weight is 299 g/mol. The zero-order valence-electron chi connectivity index (χ0n) is 11.5. The number of fused-ring (bicyclic) bond motifs is 5. The van der Waals surface area contributed by atoms with Gasteiger partial charge >= 0.3 is 5.97 Å². The summed E-state index contributed by atoms with van der Waals surface area (Å²) in [7, 11) is 0. The molecule has 2 bridgehead atoms. The maximum Gasteiger partial charge on any atom is 0.339 e. The standard InChI is InChI=1S/C16H13NO5/c18-11-6-9(3-4-10(11)16(21)22)17-14(19)12-7-1-2-8(5-7)13(12)15(17)20/h1-4,6-8,12-13,18H,5H2,(H,21,22)/t7-,8+,12-,13+. The molecule has 6 heteroatoms. The molecular weight excluding hydrogens is 286 g/mol. The smallest absolute Gasteiger partial charge is 0.339 e. The number of allylic oxidation sites excluding steroid dienone is 2. The summed E-state index contributed by atoms with van der Waals surface area (Å²) in [6.07, 6.45) is 4.86. The van der Waals surface area contributed by atoms with Crippen LogP contribution >= 0.6 is 0 Å². The van der Waals surface area contributed by atoms with Gasteiger partial charge in [-0.15, -0.1) is 0 Å². The van der Waals surface area contributed by atoms with Crippen molar-refractivity contribution >= 4 is 23.5 Å². The highest BCUT2D eigenvalue weighted by Crippen LogP contribution is 2.53. The number of carboxylic acids is 1. The summed E-state index contributed by atoms with van der Waals surface area (Å²) in [5.74, 6) is -2.63. The second-order valence-electron chi connectivity index (χ2n) is 6.02. The number of carboxylic acid groups (broad SMARTS) is 1. The van der Waals surface area contributed by atoms with Crippen LogP contribution in [0.3, 0.4) is 0 Å². The number of aromatic carboxylic acids is 1. The van der Waals surface area contributed by atoms with Crippen molar-refractivity contribution in [2.45, 2.75) is 6.42 Å². The van der Waals surface area contributed by atoms with Crippen molar-refractivity contribution in [1.82, 2.24) is 0 Å². The molecule has 2 N–H and O–H groups in total. The van der Waals surface area contributed by atoms with E-state index in [1.54, 1.807) is 0 Å². The number of amides is 2. The minimum atomic E-state index is -1.26. The zero-order chi connectivity index (χ0) is 15.6. The van der Waals surface area contributed by atoms with Crippen LogP contribution in [0.15, 0.2) is 30.4 Å². The summed E-state index contributed by atoms with van der Waals surface area (Å²) in [5.41, 5.74) is -0.0314. The third-order valence-corrected chi connectivity index (χ3v) is 4.94. The van der Waals surface area contributed by atoms with Crippen molar-refractivity contribution in [3.63, 3.8) is 0 Å². The van der Waals surface area contributed by atoms with E-state index in [9.17, 15) is 19.5 Å². The molecule has 1 saturated carbocycles. The molecule has 2 amide bonds. The Morgan fingerprint density at radius 1 is 1.09 bits per heavy atom. The number of imide groups is 1. The van der Waals surface area contributed by atoms with Crippen molar-refractivity contribution in [3.8, 4) is 5.75 Å². The molecule has 1 aromatic carbocycles. The number of carbonyl (C=O) groups is 3. The van der Waals surface area contributed by atoms with Gasteiger partial charge in [-0.2, -0.15) is 0 Å². The normalized spacial score (nSPS) is 31.9. The lowest BCUT2D eigenvalue weighted by Crippen LogP contribution is -2.32. The van der Waals surface area contributed by atoms with Crippen LogP contribution in [0.4, 0.5) is 5.69 Å². The average Bonchev–Trinajstić information content (AvgIpc) is 3.12. The fraction of sp³-hybridized carbons (Fsp3) is 0.312. The van der Waals surface area contributed by atoms with E-state index < -0.39 is 11.7 Å². The van der Waals surface area contributed by atoms with Crippen LogP contribution in [0.5, 0.6) is 5.75 Å². The molecule has 4 atom stereocenters. The molecule has 4 rings (SSSR count). The van der Waals surface area contributed by atoms with Crippen LogP contribution in [-0.4, -0.2) is 28.0 Å². The number of phenols is 1. The van der Waals surface area contributed by atoms with Crippen molar-refractivity contribution in [2.24, 2.45) is 23.7 Å². The van der Waals surface area contributed by atoms with E-state index in [0.29, 0.717) is 0 Å². The number of aromatic hydroxyl groups is 1. The summed E-state index contributed by atoms with van der Waals surface area (Å²) < 4.78 is 0. The van der Waals surface area contributed by atoms with Gasteiger partial charge in [0.05, 0.1) is 17.5 Å². The van der Waals surface area contributed by atoms with Gasteiger partial charge < -0.3 is 10.2 Å². The van der Waals surface area contributed by atoms with Crippen molar-refractivity contribution in [2.75, 3.05) is 4.90 Å². The highest BCUT2D eigenvalue weighted by atomic mass is 16.4. The summed E-state index contributed by atoms with van der Waals surface area (Å²) in [6.45, 7) is 0. The van der Waals surface area contributed by atoms with Gasteiger partial charge in [0.25, 0.3) is 0 Å². The molecule has 22 heavy (non-hydrogen) atoms. The molecule has 2 aliphatic carbocycles. The maximum absolute atomic E-state index is 12.6. The van der Waals surface area contributed by atoms with E-state index in [1.807, 2.05) is 12.2 Å². The number of benzene rings is 1. The minimum Gasteiger partial charge on any atom is -0.507 e. The predicted octanol–water partition coefficient (Wildman–Crippen LogP) is 1.40. The van der Waals surface area contributed by atoms with Crippen LogP contribution in [0.25, 0.3) is 0 Å². The quantitative estimate of drug-likeness (QED) is 0.636. The molecule has 112 valence electrons. The first-order valence-electron chi connectivity index (χ1n) is 7.11. The molecule has 0 aromatic heterocycles. The molecule has 6 nitrogen and oxygen atoms in total. The van der Waals surface area contributed by atoms with Gasteiger partial charge in [0, 0.05) is 6.07 Å². The van der Waals surface area contributed by atoms with Gasteiger partial charge in [-0.3, -0.25) is 9.59 Å². The summed E-state index contributed by atoms with van der Waals surface area (Å²) in [5, 5.41) is 18.7. The highest BCUT2D eigenvalue weighted by Gasteiger charge is 2.59. The SMILES string of the molecule is O=C(O)c1ccc(N2C(=O)[C@@H]3[C@H](C2=O)[C@@H]2C=C[C@H]3C2)cc1O. The lowest BCUT2D eigenvalue weighted by molar-refractivity contribution is -0.123. The van der Waals surface area contributed by atoms with Crippen molar-refractivity contribution in [1.29, 1.82) is 0 Å². The summed E-state index contributed by atoms with van der Waals surface area (Å²) >= 11 is 0. The molecule has 1 saturated heterocycles. The first-order valence-corrected chi connectivity index (χ1v) is 7.11. The Hall–Kier alpha value is -2.63. The Kier molecular flexibility index (Phi) is 2.49. The van der Waals surface area contributed by atoms with Gasteiger partial charge in [-0.25, -0.2) is 9.69 Å². The molecule has 1 aliphatic heterocycles. The van der Waals surface area contributed by atoms with E-state index in [0.717, 1.165) is 17.4 Å². The molecule has 0 spiro atoms. The van der Waals surface area contributed by atoms with Crippen molar-refractivity contribution < 1.29 is 24.6 Å². The Morgan fingerprint density at radius 3 is 2.18 bits per heavy atom. The molecule has 3 aliphatic rings. The minimum absolute atomic E-state index is 0.114. The van der Waals surface area contributed by atoms with Crippen LogP contribution in [0, 0.1) is 23.7 Å². The molecular formula is C16H13NO5. The largest absolute Gasteiger partial charge is 0.507 e. The topological polar surface area (TPSA) is 94.9 Å². The first-order chi connectivity index (χ1) is 10.5. The van der Waals surface area contributed by atoms with E-state index in [-0.39, 0.29) is 46.7 Å². The van der Waals surface area contributed by atoms with Gasteiger partial charge in [0.15, 0.2) is 0 Å². The fourth-order valence-corrected chi connectivity index (χ4v) is 4.00.